The van der Waals surface area contributed by atoms with Crippen molar-refractivity contribution in [2.45, 2.75) is 32.6 Å². The van der Waals surface area contributed by atoms with Gasteiger partial charge >= 0.3 is 18.0 Å². The van der Waals surface area contributed by atoms with E-state index in [2.05, 4.69) is 4.74 Å². The summed E-state index contributed by atoms with van der Waals surface area (Å²) in [6.45, 7) is 2.31. The average Bonchev–Trinajstić information content (AvgIpc) is 3.00. The molecule has 1 N–H and O–H groups in total. The van der Waals surface area contributed by atoms with Crippen molar-refractivity contribution in [3.8, 4) is 5.75 Å². The molecule has 0 radical (unpaired) electrons. The predicted molar refractivity (Wildman–Crippen MR) is 85.8 cm³/mol. The molecule has 0 aliphatic carbocycles. The first-order chi connectivity index (χ1) is 12.7. The molecule has 10 heteroatoms. The van der Waals surface area contributed by atoms with Crippen molar-refractivity contribution in [3.05, 3.63) is 29.8 Å². The van der Waals surface area contributed by atoms with Crippen molar-refractivity contribution >= 4 is 18.0 Å². The molecule has 27 heavy (non-hydrogen) atoms. The molecule has 1 amide bonds. The Labute approximate surface area is 153 Å². The van der Waals surface area contributed by atoms with Crippen LogP contribution in [-0.4, -0.2) is 53.5 Å². The van der Waals surface area contributed by atoms with E-state index < -0.39 is 47.9 Å². The molecule has 2 rings (SSSR count). The van der Waals surface area contributed by atoms with Crippen LogP contribution in [0.25, 0.3) is 0 Å². The third-order valence-electron chi connectivity index (χ3n) is 3.90. The second kappa shape index (κ2) is 8.65. The number of benzene rings is 1. The van der Waals surface area contributed by atoms with Crippen molar-refractivity contribution in [1.82, 2.24) is 4.90 Å². The predicted octanol–water partition coefficient (Wildman–Crippen LogP) is 2.16. The Bertz CT molecular complexity index is 727. The Morgan fingerprint density at radius 1 is 1.30 bits per heavy atom. The van der Waals surface area contributed by atoms with Crippen LogP contribution in [0, 0.1) is 17.6 Å². The van der Waals surface area contributed by atoms with Crippen LogP contribution in [0.5, 0.6) is 5.75 Å². The number of carboxylic acids is 1. The smallest absolute Gasteiger partial charge is 0.413 e. The summed E-state index contributed by atoms with van der Waals surface area (Å²) in [6, 6.07) is 2.30. The van der Waals surface area contributed by atoms with Gasteiger partial charge in [0.15, 0.2) is 11.6 Å². The molecule has 0 aromatic heterocycles. The lowest BCUT2D eigenvalue weighted by Crippen LogP contribution is -2.42. The van der Waals surface area contributed by atoms with E-state index in [0.29, 0.717) is 0 Å². The van der Waals surface area contributed by atoms with Crippen LogP contribution in [0.15, 0.2) is 18.2 Å². The third-order valence-corrected chi connectivity index (χ3v) is 3.90. The quantitative estimate of drug-likeness (QED) is 0.589. The highest BCUT2D eigenvalue weighted by atomic mass is 19.2. The highest BCUT2D eigenvalue weighted by Crippen LogP contribution is 2.27. The molecule has 148 valence electrons. The summed E-state index contributed by atoms with van der Waals surface area (Å²) in [7, 11) is 0. The van der Waals surface area contributed by atoms with Crippen molar-refractivity contribution in [3.63, 3.8) is 0 Å². The summed E-state index contributed by atoms with van der Waals surface area (Å²) >= 11 is 0. The van der Waals surface area contributed by atoms with E-state index in [1.54, 1.807) is 0 Å². The van der Waals surface area contributed by atoms with E-state index in [9.17, 15) is 28.3 Å². The molecule has 3 atom stereocenters. The molecule has 1 fully saturated rings. The minimum absolute atomic E-state index is 0.0282. The van der Waals surface area contributed by atoms with Crippen LogP contribution >= 0.6 is 0 Å². The second-order valence-corrected chi connectivity index (χ2v) is 6.03. The van der Waals surface area contributed by atoms with Gasteiger partial charge in [0.1, 0.15) is 6.04 Å². The number of nitrogens with zero attached hydrogens (tertiary/aromatic N) is 1. The summed E-state index contributed by atoms with van der Waals surface area (Å²) in [5.74, 6) is -4.85. The minimum atomic E-state index is -1.24. The molecule has 1 aromatic carbocycles. The van der Waals surface area contributed by atoms with E-state index in [0.717, 1.165) is 17.9 Å². The highest BCUT2D eigenvalue weighted by Gasteiger charge is 2.41. The summed E-state index contributed by atoms with van der Waals surface area (Å²) in [4.78, 5) is 35.4. The highest BCUT2D eigenvalue weighted by molar-refractivity contribution is 5.81. The number of carbonyl (C=O) groups excluding carboxylic acids is 2. The third kappa shape index (κ3) is 5.28. The van der Waals surface area contributed by atoms with E-state index in [-0.39, 0.29) is 25.3 Å². The number of rotatable bonds is 6. The van der Waals surface area contributed by atoms with Gasteiger partial charge in [-0.1, -0.05) is 6.07 Å². The normalized spacial score (nSPS) is 20.1. The molecule has 1 aromatic rings. The van der Waals surface area contributed by atoms with Gasteiger partial charge in [-0.25, -0.2) is 14.0 Å². The average molecular weight is 387 g/mol. The van der Waals surface area contributed by atoms with Gasteiger partial charge in [0, 0.05) is 26.3 Å². The zero-order valence-electron chi connectivity index (χ0n) is 14.7. The zero-order chi connectivity index (χ0) is 20.1. The van der Waals surface area contributed by atoms with Crippen molar-refractivity contribution in [2.75, 3.05) is 13.2 Å². The maximum Gasteiger partial charge on any atom is 0.413 e. The SMILES string of the molecule is CC(=O)O[C@H](C)OC(=O)N1C[C@@H](COc2cccc(F)c2F)C[C@H]1C(=O)O. The number of hydrogen-bond acceptors (Lipinski definition) is 6. The zero-order valence-corrected chi connectivity index (χ0v) is 14.7. The number of halogens is 2. The van der Waals surface area contributed by atoms with Crippen molar-refractivity contribution in [2.24, 2.45) is 5.92 Å². The van der Waals surface area contributed by atoms with Gasteiger partial charge in [0.05, 0.1) is 6.61 Å². The first-order valence-corrected chi connectivity index (χ1v) is 8.13. The number of amides is 1. The maximum atomic E-state index is 13.6. The van der Waals surface area contributed by atoms with Gasteiger partial charge in [-0.3, -0.25) is 9.69 Å². The summed E-state index contributed by atoms with van der Waals surface area (Å²) < 4.78 is 41.6. The number of esters is 1. The fourth-order valence-corrected chi connectivity index (χ4v) is 2.75. The van der Waals surface area contributed by atoms with Crippen LogP contribution in [0.1, 0.15) is 20.3 Å². The largest absolute Gasteiger partial charge is 0.490 e. The molecule has 1 aliphatic rings. The second-order valence-electron chi connectivity index (χ2n) is 6.03. The molecule has 0 unspecified atom stereocenters. The fraction of sp³-hybridized carbons (Fsp3) is 0.471. The van der Waals surface area contributed by atoms with Crippen LogP contribution in [-0.2, 0) is 19.1 Å². The Morgan fingerprint density at radius 3 is 2.63 bits per heavy atom. The first kappa shape index (κ1) is 20.4. The number of carboxylic acid groups (broad SMARTS) is 1. The number of carbonyl (C=O) groups is 3. The van der Waals surface area contributed by atoms with E-state index >= 15 is 0 Å². The van der Waals surface area contributed by atoms with Crippen LogP contribution < -0.4 is 4.74 Å². The Kier molecular flexibility index (Phi) is 6.54. The Hall–Kier alpha value is -2.91. The molecule has 1 aliphatic heterocycles. The topological polar surface area (TPSA) is 102 Å². The Balaban J connectivity index is 1.99. The van der Waals surface area contributed by atoms with E-state index in [4.69, 9.17) is 9.47 Å². The summed E-state index contributed by atoms with van der Waals surface area (Å²) in [5, 5.41) is 9.31. The monoisotopic (exact) mass is 387 g/mol. The standard InChI is InChI=1S/C17H19F2NO7/c1-9(21)26-10(2)27-17(24)20-7-11(6-13(20)16(22)23)8-25-14-5-3-4-12(18)15(14)19/h3-5,10-11,13H,6-8H2,1-2H3,(H,22,23)/t10-,11-,13-/m0/s1. The van der Waals surface area contributed by atoms with Gasteiger partial charge in [0.25, 0.3) is 0 Å². The number of hydrogen-bond donors (Lipinski definition) is 1. The minimum Gasteiger partial charge on any atom is -0.490 e. The van der Waals surface area contributed by atoms with Gasteiger partial charge in [-0.15, -0.1) is 0 Å². The van der Waals surface area contributed by atoms with Gasteiger partial charge in [0.2, 0.25) is 12.1 Å². The summed E-state index contributed by atoms with van der Waals surface area (Å²) in [5.41, 5.74) is 0. The fourth-order valence-electron chi connectivity index (χ4n) is 2.75. The van der Waals surface area contributed by atoms with Crippen LogP contribution in [0.3, 0.4) is 0 Å². The molecule has 8 nitrogen and oxygen atoms in total. The van der Waals surface area contributed by atoms with Crippen molar-refractivity contribution in [1.29, 1.82) is 0 Å². The molecule has 0 bridgehead atoms. The van der Waals surface area contributed by atoms with Gasteiger partial charge < -0.3 is 19.3 Å². The molecular weight excluding hydrogens is 368 g/mol. The molecule has 0 saturated carbocycles. The first-order valence-electron chi connectivity index (χ1n) is 8.13. The number of ether oxygens (including phenoxy) is 3. The number of aliphatic carboxylic acids is 1. The molecule has 0 spiro atoms. The van der Waals surface area contributed by atoms with E-state index in [1.807, 2.05) is 0 Å². The van der Waals surface area contributed by atoms with Crippen LogP contribution in [0.2, 0.25) is 0 Å². The maximum absolute atomic E-state index is 13.6. The van der Waals surface area contributed by atoms with Crippen molar-refractivity contribution < 1.29 is 42.5 Å². The van der Waals surface area contributed by atoms with Gasteiger partial charge in [-0.05, 0) is 18.6 Å². The summed E-state index contributed by atoms with van der Waals surface area (Å²) in [6.07, 6.45) is -2.10. The van der Waals surface area contributed by atoms with Gasteiger partial charge in [-0.2, -0.15) is 4.39 Å². The lowest BCUT2D eigenvalue weighted by atomic mass is 10.1. The van der Waals surface area contributed by atoms with Crippen LogP contribution in [0.4, 0.5) is 13.6 Å². The molecule has 1 saturated heterocycles. The van der Waals surface area contributed by atoms with E-state index in [1.165, 1.54) is 19.1 Å². The lowest BCUT2D eigenvalue weighted by molar-refractivity contribution is -0.164. The number of likely N-dealkylation sites (tertiary alicyclic amines) is 1. The molecule has 1 heterocycles. The molecular formula is C17H19F2NO7. The lowest BCUT2D eigenvalue weighted by Gasteiger charge is -2.23. The Morgan fingerprint density at radius 2 is 2.00 bits per heavy atom.